The molecule has 2 N–H and O–H groups in total. The molecule has 88 valence electrons. The maximum Gasteiger partial charge on any atom is 0.258 e. The van der Waals surface area contributed by atoms with Crippen LogP contribution in [0.2, 0.25) is 0 Å². The molecule has 0 aromatic carbocycles. The van der Waals surface area contributed by atoms with Crippen molar-refractivity contribution in [2.24, 2.45) is 0 Å². The highest BCUT2D eigenvalue weighted by atomic mass is 16.5. The quantitative estimate of drug-likeness (QED) is 0.755. The average Bonchev–Trinajstić information content (AvgIpc) is 2.59. The summed E-state index contributed by atoms with van der Waals surface area (Å²) in [5.41, 5.74) is 0. The number of carbonyl (C=O) groups is 1. The fourth-order valence-corrected chi connectivity index (χ4v) is 1.53. The van der Waals surface area contributed by atoms with Gasteiger partial charge in [-0.3, -0.25) is 4.79 Å². The number of carbonyl (C=O) groups excluding carboxylic acids is 1. The Bertz CT molecular complexity index is 371. The number of rotatable bonds is 4. The molecule has 2 rings (SSSR count). The van der Waals surface area contributed by atoms with Crippen molar-refractivity contribution in [3.8, 4) is 5.88 Å². The van der Waals surface area contributed by atoms with Gasteiger partial charge in [-0.1, -0.05) is 0 Å². The lowest BCUT2D eigenvalue weighted by molar-refractivity contribution is -0.125. The van der Waals surface area contributed by atoms with E-state index in [4.69, 9.17) is 14.4 Å². The number of aliphatic hydroxyl groups is 1. The lowest BCUT2D eigenvalue weighted by Crippen LogP contribution is -2.48. The molecule has 0 bridgehead atoms. The Morgan fingerprint density at radius 2 is 2.50 bits per heavy atom. The Morgan fingerprint density at radius 3 is 3.06 bits per heavy atom. The topological polar surface area (TPSA) is 84.6 Å². The van der Waals surface area contributed by atoms with Crippen molar-refractivity contribution < 1.29 is 19.2 Å². The Kier molecular flexibility index (Phi) is 3.09. The predicted octanol–water partition coefficient (Wildman–Crippen LogP) is 0.00132. The number of hydrogen-bond donors (Lipinski definition) is 2. The summed E-state index contributed by atoms with van der Waals surface area (Å²) in [5, 5.41) is 15.4. The van der Waals surface area contributed by atoms with Crippen LogP contribution in [0.3, 0.4) is 0 Å². The van der Waals surface area contributed by atoms with Crippen LogP contribution in [0.5, 0.6) is 5.88 Å². The van der Waals surface area contributed by atoms with Crippen LogP contribution < -0.4 is 10.1 Å². The van der Waals surface area contributed by atoms with Crippen LogP contribution in [0.4, 0.5) is 0 Å². The van der Waals surface area contributed by atoms with E-state index in [-0.39, 0.29) is 24.7 Å². The minimum absolute atomic E-state index is 0.0742. The first kappa shape index (κ1) is 10.9. The normalized spacial score (nSPS) is 23.6. The largest absolute Gasteiger partial charge is 0.465 e. The maximum absolute atomic E-state index is 11.4. The van der Waals surface area contributed by atoms with Crippen molar-refractivity contribution in [1.29, 1.82) is 0 Å². The molecule has 0 atom stereocenters. The van der Waals surface area contributed by atoms with E-state index in [1.165, 1.54) is 0 Å². The summed E-state index contributed by atoms with van der Waals surface area (Å²) in [5.74, 6) is 0.733. The van der Waals surface area contributed by atoms with Crippen LogP contribution >= 0.6 is 0 Å². The number of aromatic nitrogens is 1. The first-order valence-corrected chi connectivity index (χ1v) is 5.17. The minimum atomic E-state index is -0.274. The van der Waals surface area contributed by atoms with Gasteiger partial charge in [-0.25, -0.2) is 0 Å². The van der Waals surface area contributed by atoms with E-state index in [1.54, 1.807) is 13.0 Å². The summed E-state index contributed by atoms with van der Waals surface area (Å²) in [6.45, 7) is 1.66. The molecule has 0 aliphatic heterocycles. The second-order valence-corrected chi connectivity index (χ2v) is 3.95. The van der Waals surface area contributed by atoms with Crippen molar-refractivity contribution in [1.82, 2.24) is 10.5 Å². The Hall–Kier alpha value is -1.56. The molecule has 1 aliphatic carbocycles. The standard InChI is InChI=1S/C10H14N2O4/c1-6-2-10(12-16-6)15-5-9(14)11-7-3-8(13)4-7/h2,7-8,13H,3-5H2,1H3,(H,11,14). The van der Waals surface area contributed by atoms with E-state index >= 15 is 0 Å². The van der Waals surface area contributed by atoms with Crippen LogP contribution in [-0.2, 0) is 4.79 Å². The van der Waals surface area contributed by atoms with Gasteiger partial charge in [0.2, 0.25) is 0 Å². The summed E-state index contributed by atoms with van der Waals surface area (Å²) in [7, 11) is 0. The van der Waals surface area contributed by atoms with Gasteiger partial charge in [-0.2, -0.15) is 0 Å². The monoisotopic (exact) mass is 226 g/mol. The van der Waals surface area contributed by atoms with Gasteiger partial charge in [0, 0.05) is 12.1 Å². The summed E-state index contributed by atoms with van der Waals surface area (Å²) >= 11 is 0. The number of nitrogens with zero attached hydrogens (tertiary/aromatic N) is 1. The summed E-state index contributed by atoms with van der Waals surface area (Å²) in [6, 6.07) is 1.69. The van der Waals surface area contributed by atoms with Crippen molar-refractivity contribution in [3.63, 3.8) is 0 Å². The lowest BCUT2D eigenvalue weighted by Gasteiger charge is -2.31. The van der Waals surface area contributed by atoms with Crippen LogP contribution in [0.1, 0.15) is 18.6 Å². The smallest absolute Gasteiger partial charge is 0.258 e. The zero-order valence-electron chi connectivity index (χ0n) is 8.97. The molecular weight excluding hydrogens is 212 g/mol. The van der Waals surface area contributed by atoms with Crippen LogP contribution in [-0.4, -0.2) is 34.9 Å². The molecular formula is C10H14N2O4. The third-order valence-electron chi connectivity index (χ3n) is 2.44. The number of amides is 1. The molecule has 1 aromatic heterocycles. The summed E-state index contributed by atoms with van der Waals surface area (Å²) < 4.78 is 9.89. The molecule has 0 saturated heterocycles. The SMILES string of the molecule is Cc1cc(OCC(=O)NC2CC(O)C2)no1. The summed E-state index contributed by atoms with van der Waals surface area (Å²) in [4.78, 5) is 11.4. The summed E-state index contributed by atoms with van der Waals surface area (Å²) in [6.07, 6.45) is 0.966. The van der Waals surface area contributed by atoms with Crippen molar-refractivity contribution >= 4 is 5.91 Å². The average molecular weight is 226 g/mol. The molecule has 6 heteroatoms. The second-order valence-electron chi connectivity index (χ2n) is 3.95. The fraction of sp³-hybridized carbons (Fsp3) is 0.600. The van der Waals surface area contributed by atoms with Gasteiger partial charge >= 0.3 is 0 Å². The van der Waals surface area contributed by atoms with Crippen LogP contribution in [0.15, 0.2) is 10.6 Å². The molecule has 1 saturated carbocycles. The van der Waals surface area contributed by atoms with Gasteiger partial charge in [0.05, 0.1) is 6.10 Å². The molecule has 0 unspecified atom stereocenters. The van der Waals surface area contributed by atoms with Gasteiger partial charge in [-0.05, 0) is 24.9 Å². The zero-order chi connectivity index (χ0) is 11.5. The van der Waals surface area contributed by atoms with E-state index in [2.05, 4.69) is 10.5 Å². The first-order valence-electron chi connectivity index (χ1n) is 5.17. The number of hydrogen-bond acceptors (Lipinski definition) is 5. The predicted molar refractivity (Wildman–Crippen MR) is 53.9 cm³/mol. The molecule has 16 heavy (non-hydrogen) atoms. The number of aryl methyl sites for hydroxylation is 1. The molecule has 6 nitrogen and oxygen atoms in total. The second kappa shape index (κ2) is 4.52. The van der Waals surface area contributed by atoms with E-state index < -0.39 is 0 Å². The van der Waals surface area contributed by atoms with Crippen molar-refractivity contribution in [3.05, 3.63) is 11.8 Å². The Labute approximate surface area is 92.6 Å². The van der Waals surface area contributed by atoms with E-state index in [0.717, 1.165) is 0 Å². The van der Waals surface area contributed by atoms with E-state index in [9.17, 15) is 4.79 Å². The molecule has 1 heterocycles. The molecule has 1 fully saturated rings. The molecule has 0 radical (unpaired) electrons. The highest BCUT2D eigenvalue weighted by Gasteiger charge is 2.28. The third-order valence-corrected chi connectivity index (χ3v) is 2.44. The highest BCUT2D eigenvalue weighted by molar-refractivity contribution is 5.77. The van der Waals surface area contributed by atoms with E-state index in [0.29, 0.717) is 24.5 Å². The number of ether oxygens (including phenoxy) is 1. The van der Waals surface area contributed by atoms with Gasteiger partial charge in [0.25, 0.3) is 11.8 Å². The highest BCUT2D eigenvalue weighted by Crippen LogP contribution is 2.19. The van der Waals surface area contributed by atoms with Crippen molar-refractivity contribution in [2.45, 2.75) is 31.9 Å². The third kappa shape index (κ3) is 2.73. The van der Waals surface area contributed by atoms with Crippen molar-refractivity contribution in [2.75, 3.05) is 6.61 Å². The van der Waals surface area contributed by atoms with Crippen LogP contribution in [0, 0.1) is 6.92 Å². The van der Waals surface area contributed by atoms with Gasteiger partial charge in [0.15, 0.2) is 6.61 Å². The fourth-order valence-electron chi connectivity index (χ4n) is 1.53. The molecule has 1 aromatic rings. The van der Waals surface area contributed by atoms with Gasteiger partial charge < -0.3 is 19.7 Å². The molecule has 1 aliphatic rings. The first-order chi connectivity index (χ1) is 7.63. The number of nitrogens with one attached hydrogen (secondary N) is 1. The Balaban J connectivity index is 1.68. The van der Waals surface area contributed by atoms with Gasteiger partial charge in [0.1, 0.15) is 5.76 Å². The van der Waals surface area contributed by atoms with Crippen LogP contribution in [0.25, 0.3) is 0 Å². The zero-order valence-corrected chi connectivity index (χ0v) is 8.97. The lowest BCUT2D eigenvalue weighted by atomic mass is 9.89. The Morgan fingerprint density at radius 1 is 1.75 bits per heavy atom. The molecule has 0 spiro atoms. The molecule has 1 amide bonds. The number of aliphatic hydroxyl groups excluding tert-OH is 1. The van der Waals surface area contributed by atoms with E-state index in [1.807, 2.05) is 0 Å². The minimum Gasteiger partial charge on any atom is -0.465 e. The van der Waals surface area contributed by atoms with Gasteiger partial charge in [-0.15, -0.1) is 0 Å². The maximum atomic E-state index is 11.4.